The molecular formula is C34H45N5O5S2. The number of carbonyl (C=O) groups excluding carboxylic acids is 3. The van der Waals surface area contributed by atoms with Crippen LogP contribution in [0.25, 0.3) is 20.8 Å². The Morgan fingerprint density at radius 3 is 2.24 bits per heavy atom. The molecule has 2 N–H and O–H groups in total. The van der Waals surface area contributed by atoms with Crippen LogP contribution in [-0.2, 0) is 27.2 Å². The van der Waals surface area contributed by atoms with Gasteiger partial charge in [0.25, 0.3) is 0 Å². The maximum absolute atomic E-state index is 13.3. The van der Waals surface area contributed by atoms with Crippen molar-refractivity contribution in [1.29, 1.82) is 0 Å². The Morgan fingerprint density at radius 1 is 0.935 bits per heavy atom. The van der Waals surface area contributed by atoms with Crippen molar-refractivity contribution in [3.63, 3.8) is 0 Å². The van der Waals surface area contributed by atoms with Crippen LogP contribution in [0.1, 0.15) is 71.2 Å². The molecule has 2 aromatic heterocycles. The van der Waals surface area contributed by atoms with E-state index in [4.69, 9.17) is 14.5 Å². The molecule has 0 spiro atoms. The van der Waals surface area contributed by atoms with Crippen molar-refractivity contribution in [2.75, 3.05) is 31.5 Å². The van der Waals surface area contributed by atoms with Crippen LogP contribution in [0.2, 0.25) is 0 Å². The van der Waals surface area contributed by atoms with E-state index in [-0.39, 0.29) is 18.1 Å². The van der Waals surface area contributed by atoms with Gasteiger partial charge in [0, 0.05) is 49.1 Å². The number of fused-ring (bicyclic) bond motifs is 3. The lowest BCUT2D eigenvalue weighted by Crippen LogP contribution is -2.39. The molecule has 3 aliphatic rings. The van der Waals surface area contributed by atoms with Gasteiger partial charge < -0.3 is 29.9 Å². The number of aromatic nitrogens is 1. The predicted molar refractivity (Wildman–Crippen MR) is 182 cm³/mol. The van der Waals surface area contributed by atoms with Gasteiger partial charge in [-0.1, -0.05) is 12.1 Å². The summed E-state index contributed by atoms with van der Waals surface area (Å²) in [4.78, 5) is 48.3. The van der Waals surface area contributed by atoms with E-state index in [0.717, 1.165) is 62.2 Å². The average molecular weight is 668 g/mol. The summed E-state index contributed by atoms with van der Waals surface area (Å²) in [6.45, 7) is 14.4. The molecule has 1 aliphatic carbocycles. The van der Waals surface area contributed by atoms with Gasteiger partial charge in [-0.15, -0.1) is 22.7 Å². The Kier molecular flexibility index (Phi) is 9.08. The molecule has 2 fully saturated rings. The summed E-state index contributed by atoms with van der Waals surface area (Å²) < 4.78 is 12.3. The first-order valence-electron chi connectivity index (χ1n) is 16.2. The zero-order chi connectivity index (χ0) is 32.8. The van der Waals surface area contributed by atoms with Crippen LogP contribution in [0, 0.1) is 11.8 Å². The molecule has 46 heavy (non-hydrogen) atoms. The number of nitrogens with one attached hydrogen (secondary N) is 2. The molecule has 10 nitrogen and oxygen atoms in total. The molecule has 2 unspecified atom stereocenters. The van der Waals surface area contributed by atoms with Gasteiger partial charge in [0.15, 0.2) is 0 Å². The Morgan fingerprint density at radius 2 is 1.59 bits per heavy atom. The Hall–Kier alpha value is -3.22. The van der Waals surface area contributed by atoms with Gasteiger partial charge >= 0.3 is 12.2 Å². The summed E-state index contributed by atoms with van der Waals surface area (Å²) >= 11 is 3.16. The minimum Gasteiger partial charge on any atom is -0.444 e. The second-order valence-electron chi connectivity index (χ2n) is 14.7. The Bertz CT molecular complexity index is 1570. The second kappa shape index (κ2) is 12.8. The van der Waals surface area contributed by atoms with E-state index in [9.17, 15) is 14.4 Å². The predicted octanol–water partition coefficient (Wildman–Crippen LogP) is 6.88. The summed E-state index contributed by atoms with van der Waals surface area (Å²) in [6.07, 6.45) is 2.47. The second-order valence-corrected chi connectivity index (χ2v) is 16.8. The molecule has 2 aliphatic heterocycles. The first-order chi connectivity index (χ1) is 21.7. The van der Waals surface area contributed by atoms with Crippen molar-refractivity contribution in [1.82, 2.24) is 20.1 Å². The number of nitrogens with zero attached hydrogens (tertiary/aromatic N) is 3. The van der Waals surface area contributed by atoms with Gasteiger partial charge in [0.05, 0.1) is 16.8 Å². The van der Waals surface area contributed by atoms with Crippen LogP contribution in [0.4, 0.5) is 14.6 Å². The molecule has 1 saturated heterocycles. The third-order valence-corrected chi connectivity index (χ3v) is 10.8. The van der Waals surface area contributed by atoms with Crippen LogP contribution in [0.15, 0.2) is 24.3 Å². The summed E-state index contributed by atoms with van der Waals surface area (Å²) in [5.41, 5.74) is 2.01. The minimum atomic E-state index is -0.566. The van der Waals surface area contributed by atoms with Crippen LogP contribution in [0.5, 0.6) is 0 Å². The van der Waals surface area contributed by atoms with Crippen molar-refractivity contribution in [3.05, 3.63) is 34.7 Å². The van der Waals surface area contributed by atoms with Crippen LogP contribution in [-0.4, -0.2) is 76.3 Å². The number of thiophene rings is 1. The fraction of sp³-hybridized carbons (Fsp3) is 0.588. The SMILES string of the molecule is CC(C)(C)OC(=O)N1CCc2c(sc(NC(=O)CCNC3CC4CN(C(=O)OC(C)(C)C)C[C@H]4C3)c2-c2nc3ccccc3s2)C1. The molecule has 3 amide bonds. The van der Waals surface area contributed by atoms with Crippen molar-refractivity contribution in [2.24, 2.45) is 11.8 Å². The lowest BCUT2D eigenvalue weighted by atomic mass is 10.0. The van der Waals surface area contributed by atoms with E-state index in [1.165, 1.54) is 11.3 Å². The monoisotopic (exact) mass is 667 g/mol. The van der Waals surface area contributed by atoms with Crippen molar-refractivity contribution < 1.29 is 23.9 Å². The Balaban J connectivity index is 1.08. The molecule has 3 atom stereocenters. The van der Waals surface area contributed by atoms with Crippen LogP contribution in [0.3, 0.4) is 0 Å². The van der Waals surface area contributed by atoms with E-state index >= 15 is 0 Å². The third kappa shape index (κ3) is 7.50. The van der Waals surface area contributed by atoms with Gasteiger partial charge in [-0.25, -0.2) is 14.6 Å². The first kappa shape index (κ1) is 32.7. The maximum Gasteiger partial charge on any atom is 0.410 e. The van der Waals surface area contributed by atoms with Crippen molar-refractivity contribution >= 4 is 56.0 Å². The third-order valence-electron chi connectivity index (χ3n) is 8.66. The molecule has 3 aromatic rings. The number of hydrogen-bond acceptors (Lipinski definition) is 9. The van der Waals surface area contributed by atoms with Gasteiger partial charge in [-0.2, -0.15) is 0 Å². The highest BCUT2D eigenvalue weighted by atomic mass is 32.1. The van der Waals surface area contributed by atoms with Crippen molar-refractivity contribution in [2.45, 2.75) is 91.0 Å². The molecule has 12 heteroatoms. The lowest BCUT2D eigenvalue weighted by Gasteiger charge is -2.30. The summed E-state index contributed by atoms with van der Waals surface area (Å²) in [5, 5.41) is 8.48. The number of para-hydroxylation sites is 1. The zero-order valence-corrected chi connectivity index (χ0v) is 29.2. The number of likely N-dealkylation sites (tertiary alicyclic amines) is 1. The number of benzene rings is 1. The van der Waals surface area contributed by atoms with Gasteiger partial charge in [0.2, 0.25) is 5.91 Å². The number of rotatable bonds is 6. The Labute approximate surface area is 278 Å². The number of anilines is 1. The summed E-state index contributed by atoms with van der Waals surface area (Å²) in [5.74, 6) is 0.882. The molecule has 0 radical (unpaired) electrons. The highest BCUT2D eigenvalue weighted by Gasteiger charge is 2.43. The number of carbonyl (C=O) groups is 3. The van der Waals surface area contributed by atoms with E-state index in [1.54, 1.807) is 16.2 Å². The largest absolute Gasteiger partial charge is 0.444 e. The molecule has 0 bridgehead atoms. The number of amides is 3. The van der Waals surface area contributed by atoms with E-state index < -0.39 is 11.2 Å². The number of hydrogen-bond donors (Lipinski definition) is 2. The van der Waals surface area contributed by atoms with Gasteiger partial charge in [-0.05, 0) is 90.3 Å². The van der Waals surface area contributed by atoms with Crippen molar-refractivity contribution in [3.8, 4) is 10.6 Å². The average Bonchev–Trinajstić information content (AvgIpc) is 3.71. The van der Waals surface area contributed by atoms with Gasteiger partial charge in [0.1, 0.15) is 21.2 Å². The first-order valence-corrected chi connectivity index (χ1v) is 17.9. The maximum atomic E-state index is 13.3. The quantitative estimate of drug-likeness (QED) is 0.295. The number of ether oxygens (including phenoxy) is 2. The zero-order valence-electron chi connectivity index (χ0n) is 27.6. The molecule has 248 valence electrons. The smallest absolute Gasteiger partial charge is 0.410 e. The molecule has 6 rings (SSSR count). The van der Waals surface area contributed by atoms with Gasteiger partial charge in [-0.3, -0.25) is 4.79 Å². The highest BCUT2D eigenvalue weighted by Crippen LogP contribution is 2.46. The van der Waals surface area contributed by atoms with E-state index in [2.05, 4.69) is 16.7 Å². The topological polar surface area (TPSA) is 113 Å². The number of thiazole rings is 1. The molecule has 1 saturated carbocycles. The fourth-order valence-corrected chi connectivity index (χ4v) is 9.09. The molecule has 1 aromatic carbocycles. The summed E-state index contributed by atoms with van der Waals surface area (Å²) in [6, 6.07) is 8.41. The normalized spacial score (nSPS) is 21.3. The van der Waals surface area contributed by atoms with E-state index in [1.807, 2.05) is 64.6 Å². The standard InChI is InChI=1S/C34H45N5O5S2/c1-33(2,3)43-31(41)38-14-12-23-26(19-38)46-30(28(23)29-36-24-9-7-8-10-25(24)45-29)37-27(40)11-13-35-22-15-20-17-39(18-21(20)16-22)32(42)44-34(4,5)6/h7-10,20-22,35H,11-19H2,1-6H3,(H,37,40)/t20-,21?,22?/m1/s1. The fourth-order valence-electron chi connectivity index (χ4n) is 6.70. The molecular weight excluding hydrogens is 623 g/mol. The summed E-state index contributed by atoms with van der Waals surface area (Å²) in [7, 11) is 0. The highest BCUT2D eigenvalue weighted by molar-refractivity contribution is 7.23. The lowest BCUT2D eigenvalue weighted by molar-refractivity contribution is -0.116. The minimum absolute atomic E-state index is 0.0493. The van der Waals surface area contributed by atoms with Crippen LogP contribution >= 0.6 is 22.7 Å². The van der Waals surface area contributed by atoms with E-state index in [0.29, 0.717) is 50.4 Å². The van der Waals surface area contributed by atoms with Crippen LogP contribution < -0.4 is 10.6 Å². The molecule has 4 heterocycles.